The maximum atomic E-state index is 13.3. The van der Waals surface area contributed by atoms with Gasteiger partial charge in [0.2, 0.25) is 0 Å². The predicted molar refractivity (Wildman–Crippen MR) is 101 cm³/mol. The lowest BCUT2D eigenvalue weighted by atomic mass is 9.75. The number of piperidine rings is 1. The van der Waals surface area contributed by atoms with Crippen LogP contribution in [-0.4, -0.2) is 42.2 Å². The highest BCUT2D eigenvalue weighted by molar-refractivity contribution is 5.82. The maximum absolute atomic E-state index is 13.3. The van der Waals surface area contributed by atoms with Crippen LogP contribution in [0.3, 0.4) is 0 Å². The molecule has 1 N–H and O–H groups in total. The fourth-order valence-corrected chi connectivity index (χ4v) is 5.58. The van der Waals surface area contributed by atoms with Crippen LogP contribution in [0.2, 0.25) is 0 Å². The van der Waals surface area contributed by atoms with Gasteiger partial charge in [0.05, 0.1) is 0 Å². The van der Waals surface area contributed by atoms with Crippen molar-refractivity contribution < 1.29 is 14.6 Å². The molecule has 4 heteroatoms. The van der Waals surface area contributed by atoms with Crippen molar-refractivity contribution in [2.45, 2.75) is 56.7 Å². The molecule has 1 heterocycles. The van der Waals surface area contributed by atoms with Crippen LogP contribution in [0.15, 0.2) is 30.3 Å². The zero-order chi connectivity index (χ0) is 18.1. The first-order valence-electron chi connectivity index (χ1n) is 10.3. The molecule has 0 radical (unpaired) electrons. The zero-order valence-electron chi connectivity index (χ0n) is 15.8. The lowest BCUT2D eigenvalue weighted by Crippen LogP contribution is -2.54. The summed E-state index contributed by atoms with van der Waals surface area (Å²) in [5, 5.41) is 11.6. The van der Waals surface area contributed by atoms with Gasteiger partial charge in [0.25, 0.3) is 0 Å². The van der Waals surface area contributed by atoms with Gasteiger partial charge in [0, 0.05) is 30.8 Å². The molecule has 3 aliphatic rings. The highest BCUT2D eigenvalue weighted by atomic mass is 16.6. The van der Waals surface area contributed by atoms with E-state index in [4.69, 9.17) is 4.74 Å². The summed E-state index contributed by atoms with van der Waals surface area (Å²) in [6, 6.07) is 9.45. The third kappa shape index (κ3) is 3.18. The largest absolute Gasteiger partial charge is 0.459 e. The number of fused-ring (bicyclic) bond motifs is 2. The topological polar surface area (TPSA) is 49.8 Å². The van der Waals surface area contributed by atoms with E-state index < -0.39 is 11.6 Å². The summed E-state index contributed by atoms with van der Waals surface area (Å²) < 4.78 is 6.12. The molecule has 142 valence electrons. The van der Waals surface area contributed by atoms with Gasteiger partial charge in [0.1, 0.15) is 6.10 Å². The lowest BCUT2D eigenvalue weighted by molar-refractivity contribution is -0.191. The van der Waals surface area contributed by atoms with Crippen LogP contribution in [0.5, 0.6) is 0 Å². The number of esters is 1. The average Bonchev–Trinajstić information content (AvgIpc) is 3.17. The monoisotopic (exact) mass is 357 g/mol. The fourth-order valence-electron chi connectivity index (χ4n) is 5.58. The van der Waals surface area contributed by atoms with Crippen LogP contribution in [0.1, 0.15) is 50.5 Å². The molecule has 4 rings (SSSR count). The van der Waals surface area contributed by atoms with E-state index in [-0.39, 0.29) is 12.0 Å². The molecule has 26 heavy (non-hydrogen) atoms. The number of hydrogen-bond acceptors (Lipinski definition) is 4. The first-order valence-corrected chi connectivity index (χ1v) is 10.3. The summed E-state index contributed by atoms with van der Waals surface area (Å²) in [4.78, 5) is 15.7. The third-order valence-corrected chi connectivity index (χ3v) is 6.89. The number of benzene rings is 1. The fraction of sp³-hybridized carbons (Fsp3) is 0.682. The molecule has 1 aromatic carbocycles. The van der Waals surface area contributed by atoms with Gasteiger partial charge in [-0.25, -0.2) is 4.79 Å². The Morgan fingerprint density at radius 1 is 1.04 bits per heavy atom. The maximum Gasteiger partial charge on any atom is 0.343 e. The van der Waals surface area contributed by atoms with Crippen LogP contribution >= 0.6 is 0 Å². The summed E-state index contributed by atoms with van der Waals surface area (Å²) in [6.45, 7) is 1.98. The number of ether oxygens (including phenoxy) is 1. The highest BCUT2D eigenvalue weighted by Crippen LogP contribution is 2.43. The van der Waals surface area contributed by atoms with Gasteiger partial charge in [-0.3, -0.25) is 0 Å². The van der Waals surface area contributed by atoms with Gasteiger partial charge in [-0.15, -0.1) is 0 Å². The minimum Gasteiger partial charge on any atom is -0.459 e. The lowest BCUT2D eigenvalue weighted by Gasteiger charge is -2.46. The standard InChI is InChI=1S/C22H31NO3/c1-23-14-16-8-7-9-17(15-23)20(16)26-21(24)22(25,19-12-5-6-13-19)18-10-3-2-4-11-18/h2-4,10-11,16-17,19-20,25H,5-9,12-15H2,1H3/t16?,17?,20?,22-/m0/s1. The minimum atomic E-state index is -1.50. The average molecular weight is 357 g/mol. The van der Waals surface area contributed by atoms with Crippen molar-refractivity contribution >= 4 is 5.97 Å². The van der Waals surface area contributed by atoms with Crippen molar-refractivity contribution in [3.05, 3.63) is 35.9 Å². The van der Waals surface area contributed by atoms with E-state index in [0.717, 1.165) is 51.6 Å². The SMILES string of the molecule is CN1CC2CCCC(C1)C2OC(=O)[C@](O)(c1ccccc1)C1CCCC1. The number of hydrogen-bond donors (Lipinski definition) is 1. The Bertz CT molecular complexity index is 614. The number of carbonyl (C=O) groups is 1. The molecule has 0 aromatic heterocycles. The van der Waals surface area contributed by atoms with Gasteiger partial charge in [-0.05, 0) is 38.3 Å². The highest BCUT2D eigenvalue weighted by Gasteiger charge is 2.50. The van der Waals surface area contributed by atoms with E-state index in [9.17, 15) is 9.90 Å². The van der Waals surface area contributed by atoms with Gasteiger partial charge in [-0.1, -0.05) is 49.6 Å². The van der Waals surface area contributed by atoms with Crippen LogP contribution in [0, 0.1) is 17.8 Å². The minimum absolute atomic E-state index is 0.0379. The molecule has 2 saturated carbocycles. The predicted octanol–water partition coefficient (Wildman–Crippen LogP) is 3.34. The Hall–Kier alpha value is -1.39. The Kier molecular flexibility index (Phi) is 5.07. The van der Waals surface area contributed by atoms with E-state index in [1.165, 1.54) is 6.42 Å². The number of nitrogens with zero attached hydrogens (tertiary/aromatic N) is 1. The summed E-state index contributed by atoms with van der Waals surface area (Å²) in [6.07, 6.45) is 7.35. The molecule has 0 amide bonds. The van der Waals surface area contributed by atoms with Crippen LogP contribution < -0.4 is 0 Å². The first-order chi connectivity index (χ1) is 12.6. The molecule has 3 atom stereocenters. The number of carbonyl (C=O) groups excluding carboxylic acids is 1. The Labute approximate surface area is 156 Å². The van der Waals surface area contributed by atoms with Gasteiger partial charge >= 0.3 is 5.97 Å². The van der Waals surface area contributed by atoms with Crippen molar-refractivity contribution in [1.82, 2.24) is 4.90 Å². The van der Waals surface area contributed by atoms with E-state index in [1.54, 1.807) is 0 Å². The van der Waals surface area contributed by atoms with Crippen molar-refractivity contribution in [2.75, 3.05) is 20.1 Å². The van der Waals surface area contributed by atoms with E-state index in [2.05, 4.69) is 11.9 Å². The van der Waals surface area contributed by atoms with Crippen LogP contribution in [-0.2, 0) is 15.1 Å². The van der Waals surface area contributed by atoms with Gasteiger partial charge < -0.3 is 14.7 Å². The summed E-state index contributed by atoms with van der Waals surface area (Å²) >= 11 is 0. The summed E-state index contributed by atoms with van der Waals surface area (Å²) in [5.74, 6) is 0.352. The molecule has 2 unspecified atom stereocenters. The second kappa shape index (κ2) is 7.32. The molecule has 0 spiro atoms. The van der Waals surface area contributed by atoms with Crippen molar-refractivity contribution in [3.63, 3.8) is 0 Å². The molecular weight excluding hydrogens is 326 g/mol. The van der Waals surface area contributed by atoms with E-state index >= 15 is 0 Å². The molecule has 3 fully saturated rings. The molecule has 2 bridgehead atoms. The van der Waals surface area contributed by atoms with E-state index in [1.807, 2.05) is 30.3 Å². The van der Waals surface area contributed by atoms with Gasteiger partial charge in [0.15, 0.2) is 5.60 Å². The molecule has 2 aliphatic carbocycles. The molecule has 1 saturated heterocycles. The Morgan fingerprint density at radius 2 is 1.65 bits per heavy atom. The van der Waals surface area contributed by atoms with Crippen molar-refractivity contribution in [1.29, 1.82) is 0 Å². The Balaban J connectivity index is 1.59. The van der Waals surface area contributed by atoms with Crippen molar-refractivity contribution in [3.8, 4) is 0 Å². The number of aliphatic hydroxyl groups is 1. The summed E-state index contributed by atoms with van der Waals surface area (Å²) in [7, 11) is 2.15. The van der Waals surface area contributed by atoms with Crippen molar-refractivity contribution in [2.24, 2.45) is 17.8 Å². The summed E-state index contributed by atoms with van der Waals surface area (Å²) in [5.41, 5.74) is -0.815. The zero-order valence-corrected chi connectivity index (χ0v) is 15.8. The first kappa shape index (κ1) is 18.0. The normalized spacial score (nSPS) is 32.2. The van der Waals surface area contributed by atoms with Gasteiger partial charge in [-0.2, -0.15) is 0 Å². The third-order valence-electron chi connectivity index (χ3n) is 6.89. The number of likely N-dealkylation sites (tertiary alicyclic amines) is 1. The molecule has 1 aromatic rings. The number of rotatable bonds is 4. The van der Waals surface area contributed by atoms with E-state index in [0.29, 0.717) is 17.4 Å². The molecule has 4 nitrogen and oxygen atoms in total. The van der Waals surface area contributed by atoms with Crippen LogP contribution in [0.4, 0.5) is 0 Å². The van der Waals surface area contributed by atoms with Crippen LogP contribution in [0.25, 0.3) is 0 Å². The second-order valence-electron chi connectivity index (χ2n) is 8.66. The smallest absolute Gasteiger partial charge is 0.343 e. The molecule has 1 aliphatic heterocycles. The quantitative estimate of drug-likeness (QED) is 0.840. The second-order valence-corrected chi connectivity index (χ2v) is 8.66. The molecular formula is C22H31NO3. The Morgan fingerprint density at radius 3 is 2.27 bits per heavy atom.